The van der Waals surface area contributed by atoms with Crippen molar-refractivity contribution < 1.29 is 18.0 Å². The first-order valence-corrected chi connectivity index (χ1v) is 9.20. The van der Waals surface area contributed by atoms with Gasteiger partial charge in [-0.15, -0.1) is 0 Å². The molecule has 3 rings (SSSR count). The van der Waals surface area contributed by atoms with E-state index in [1.54, 1.807) is 30.3 Å². The Kier molecular flexibility index (Phi) is 6.37. The number of halogens is 3. The van der Waals surface area contributed by atoms with Crippen LogP contribution in [0.15, 0.2) is 48.7 Å². The average molecular weight is 414 g/mol. The summed E-state index contributed by atoms with van der Waals surface area (Å²) in [6.45, 7) is 1.25. The second kappa shape index (κ2) is 8.96. The lowest BCUT2D eigenvalue weighted by molar-refractivity contribution is 0.0951. The molecule has 0 aliphatic heterocycles. The fraction of sp³-hybridized carbons (Fsp3) is 0.182. The van der Waals surface area contributed by atoms with Crippen LogP contribution in [-0.2, 0) is 0 Å². The van der Waals surface area contributed by atoms with E-state index in [9.17, 15) is 18.0 Å². The van der Waals surface area contributed by atoms with Gasteiger partial charge in [0.15, 0.2) is 17.5 Å². The third kappa shape index (κ3) is 4.77. The largest absolute Gasteiger partial charge is 0.383 e. The number of amides is 1. The van der Waals surface area contributed by atoms with E-state index >= 15 is 0 Å². The van der Waals surface area contributed by atoms with Crippen LogP contribution < -0.4 is 11.1 Å². The number of anilines is 1. The predicted molar refractivity (Wildman–Crippen MR) is 110 cm³/mol. The van der Waals surface area contributed by atoms with Crippen LogP contribution in [0.3, 0.4) is 0 Å². The Bertz CT molecular complexity index is 1050. The molecule has 1 heterocycles. The van der Waals surface area contributed by atoms with Crippen molar-refractivity contribution in [2.75, 3.05) is 32.9 Å². The van der Waals surface area contributed by atoms with Crippen LogP contribution in [0.25, 0.3) is 22.3 Å². The summed E-state index contributed by atoms with van der Waals surface area (Å²) in [4.78, 5) is 18.2. The number of nitrogens with one attached hydrogen (secondary N) is 1. The highest BCUT2D eigenvalue weighted by atomic mass is 19.2. The molecule has 0 aliphatic carbocycles. The summed E-state index contributed by atoms with van der Waals surface area (Å²) in [5, 5.41) is 2.83. The molecule has 0 bridgehead atoms. The number of hydrogen-bond acceptors (Lipinski definition) is 4. The van der Waals surface area contributed by atoms with Gasteiger partial charge < -0.3 is 16.0 Å². The van der Waals surface area contributed by atoms with E-state index in [2.05, 4.69) is 10.3 Å². The molecule has 0 spiro atoms. The number of nitrogens with two attached hydrogens (primary N) is 1. The number of likely N-dealkylation sites (N-methyl/N-ethyl adjacent to an activating group) is 1. The molecule has 1 amide bonds. The molecule has 2 aromatic carbocycles. The third-order valence-electron chi connectivity index (χ3n) is 4.54. The minimum atomic E-state index is -1.53. The van der Waals surface area contributed by atoms with Crippen molar-refractivity contribution in [3.8, 4) is 22.3 Å². The Morgan fingerprint density at radius 1 is 1.00 bits per heavy atom. The van der Waals surface area contributed by atoms with Gasteiger partial charge >= 0.3 is 0 Å². The van der Waals surface area contributed by atoms with Crippen LogP contribution in [0.5, 0.6) is 0 Å². The molecule has 0 radical (unpaired) electrons. The third-order valence-corrected chi connectivity index (χ3v) is 4.54. The van der Waals surface area contributed by atoms with Crippen molar-refractivity contribution in [3.63, 3.8) is 0 Å². The zero-order chi connectivity index (χ0) is 21.8. The number of hydrogen-bond donors (Lipinski definition) is 2. The maximum atomic E-state index is 13.6. The summed E-state index contributed by atoms with van der Waals surface area (Å²) in [6, 6.07) is 10.1. The van der Waals surface area contributed by atoms with Crippen LogP contribution in [0.4, 0.5) is 19.0 Å². The number of nitrogen functional groups attached to an aromatic ring is 1. The average Bonchev–Trinajstić information content (AvgIpc) is 2.72. The first-order chi connectivity index (χ1) is 14.3. The van der Waals surface area contributed by atoms with Crippen LogP contribution in [-0.4, -0.2) is 43.0 Å². The predicted octanol–water partition coefficient (Wildman–Crippen LogP) is 3.71. The second-order valence-corrected chi connectivity index (χ2v) is 7.05. The number of benzene rings is 2. The van der Waals surface area contributed by atoms with Gasteiger partial charge in [-0.25, -0.2) is 18.2 Å². The summed E-state index contributed by atoms with van der Waals surface area (Å²) < 4.78 is 40.4. The van der Waals surface area contributed by atoms with E-state index in [0.717, 1.165) is 18.7 Å². The first-order valence-electron chi connectivity index (χ1n) is 9.20. The number of rotatable bonds is 6. The van der Waals surface area contributed by atoms with Gasteiger partial charge in [0.05, 0.1) is 0 Å². The van der Waals surface area contributed by atoms with Gasteiger partial charge in [-0.05, 0) is 55.6 Å². The summed E-state index contributed by atoms with van der Waals surface area (Å²) in [6.07, 6.45) is 1.36. The lowest BCUT2D eigenvalue weighted by atomic mass is 10.00. The Labute approximate surface area is 172 Å². The molecular formula is C22H21F3N4O. The highest BCUT2D eigenvalue weighted by Gasteiger charge is 2.14. The number of aromatic nitrogens is 1. The molecule has 0 saturated heterocycles. The molecule has 0 aliphatic rings. The van der Waals surface area contributed by atoms with Gasteiger partial charge in [0, 0.05) is 36.0 Å². The lowest BCUT2D eigenvalue weighted by Crippen LogP contribution is -2.31. The topological polar surface area (TPSA) is 71.2 Å². The standard InChI is InChI=1S/C22H21F3N4O/c1-29(2)8-7-27-22(30)14-5-3-13(4-6-14)17-9-16(12-28-21(17)26)15-10-18(23)20(25)19(24)11-15/h3-6,9-12H,7-8H2,1-2H3,(H2,26,28)(H,27,30). The van der Waals surface area contributed by atoms with Crippen molar-refractivity contribution in [3.05, 3.63) is 71.7 Å². The molecule has 30 heavy (non-hydrogen) atoms. The smallest absolute Gasteiger partial charge is 0.251 e. The number of nitrogens with zero attached hydrogens (tertiary/aromatic N) is 2. The van der Waals surface area contributed by atoms with Crippen molar-refractivity contribution >= 4 is 11.7 Å². The molecule has 0 saturated carbocycles. The van der Waals surface area contributed by atoms with Gasteiger partial charge in [-0.2, -0.15) is 0 Å². The van der Waals surface area contributed by atoms with Gasteiger partial charge in [0.25, 0.3) is 5.91 Å². The Morgan fingerprint density at radius 2 is 1.63 bits per heavy atom. The Balaban J connectivity index is 1.86. The van der Waals surface area contributed by atoms with Crippen LogP contribution in [0, 0.1) is 17.5 Å². The fourth-order valence-electron chi connectivity index (χ4n) is 2.88. The van der Waals surface area contributed by atoms with Gasteiger partial charge in [0.2, 0.25) is 0 Å². The van der Waals surface area contributed by atoms with E-state index in [4.69, 9.17) is 5.73 Å². The number of carbonyl (C=O) groups excluding carboxylic acids is 1. The molecule has 0 fully saturated rings. The zero-order valence-electron chi connectivity index (χ0n) is 16.5. The maximum Gasteiger partial charge on any atom is 0.251 e. The molecule has 8 heteroatoms. The van der Waals surface area contributed by atoms with Crippen LogP contribution in [0.1, 0.15) is 10.4 Å². The quantitative estimate of drug-likeness (QED) is 0.604. The number of pyridine rings is 1. The first kappa shape index (κ1) is 21.3. The molecule has 0 atom stereocenters. The summed E-state index contributed by atoms with van der Waals surface area (Å²) >= 11 is 0. The Hall–Kier alpha value is -3.39. The van der Waals surface area contributed by atoms with Crippen molar-refractivity contribution in [2.45, 2.75) is 0 Å². The lowest BCUT2D eigenvalue weighted by Gasteiger charge is -2.11. The molecule has 3 N–H and O–H groups in total. The molecule has 5 nitrogen and oxygen atoms in total. The molecule has 1 aromatic heterocycles. The highest BCUT2D eigenvalue weighted by molar-refractivity contribution is 5.95. The Morgan fingerprint density at radius 3 is 2.23 bits per heavy atom. The van der Waals surface area contributed by atoms with Crippen LogP contribution >= 0.6 is 0 Å². The van der Waals surface area contributed by atoms with E-state index in [1.165, 1.54) is 6.20 Å². The zero-order valence-corrected chi connectivity index (χ0v) is 16.5. The van der Waals surface area contributed by atoms with Crippen LogP contribution in [0.2, 0.25) is 0 Å². The molecule has 3 aromatic rings. The minimum Gasteiger partial charge on any atom is -0.383 e. The highest BCUT2D eigenvalue weighted by Crippen LogP contribution is 2.31. The van der Waals surface area contributed by atoms with Gasteiger partial charge in [0.1, 0.15) is 5.82 Å². The van der Waals surface area contributed by atoms with Crippen molar-refractivity contribution in [2.24, 2.45) is 0 Å². The number of carbonyl (C=O) groups is 1. The summed E-state index contributed by atoms with van der Waals surface area (Å²) in [7, 11) is 3.84. The maximum absolute atomic E-state index is 13.6. The summed E-state index contributed by atoms with van der Waals surface area (Å²) in [5.41, 5.74) is 8.18. The van der Waals surface area contributed by atoms with E-state index in [-0.39, 0.29) is 17.3 Å². The molecule has 156 valence electrons. The monoisotopic (exact) mass is 414 g/mol. The van der Waals surface area contributed by atoms with Gasteiger partial charge in [-0.3, -0.25) is 4.79 Å². The fourth-order valence-corrected chi connectivity index (χ4v) is 2.88. The van der Waals surface area contributed by atoms with Crippen molar-refractivity contribution in [1.82, 2.24) is 15.2 Å². The van der Waals surface area contributed by atoms with E-state index in [1.807, 2.05) is 19.0 Å². The normalized spacial score (nSPS) is 11.0. The minimum absolute atomic E-state index is 0.136. The summed E-state index contributed by atoms with van der Waals surface area (Å²) in [5.74, 6) is -4.08. The van der Waals surface area contributed by atoms with E-state index < -0.39 is 17.5 Å². The molecule has 0 unspecified atom stereocenters. The SMILES string of the molecule is CN(C)CCNC(=O)c1ccc(-c2cc(-c3cc(F)c(F)c(F)c3)cnc2N)cc1. The van der Waals surface area contributed by atoms with Gasteiger partial charge in [-0.1, -0.05) is 12.1 Å². The van der Waals surface area contributed by atoms with E-state index in [0.29, 0.717) is 28.8 Å². The van der Waals surface area contributed by atoms with Crippen molar-refractivity contribution in [1.29, 1.82) is 0 Å². The molecular weight excluding hydrogens is 393 g/mol. The second-order valence-electron chi connectivity index (χ2n) is 7.05.